The first-order valence-electron chi connectivity index (χ1n) is 7.15. The Bertz CT molecular complexity index is 352. The third kappa shape index (κ3) is 3.73. The summed E-state index contributed by atoms with van der Waals surface area (Å²) >= 11 is 0. The van der Waals surface area contributed by atoms with Crippen LogP contribution in [0.15, 0.2) is 12.4 Å². The van der Waals surface area contributed by atoms with Gasteiger partial charge in [0.05, 0.1) is 0 Å². The molecule has 4 heteroatoms. The van der Waals surface area contributed by atoms with Crippen LogP contribution in [-0.2, 0) is 6.54 Å². The molecular weight excluding hydrogens is 224 g/mol. The summed E-state index contributed by atoms with van der Waals surface area (Å²) in [5.74, 6) is 1.67. The molecule has 1 unspecified atom stereocenters. The molecule has 1 saturated heterocycles. The van der Waals surface area contributed by atoms with Crippen LogP contribution in [0.25, 0.3) is 0 Å². The van der Waals surface area contributed by atoms with Crippen LogP contribution in [-0.4, -0.2) is 40.1 Å². The van der Waals surface area contributed by atoms with Gasteiger partial charge in [0, 0.05) is 31.5 Å². The highest BCUT2D eigenvalue weighted by Gasteiger charge is 2.15. The van der Waals surface area contributed by atoms with Crippen molar-refractivity contribution in [1.82, 2.24) is 14.5 Å². The molecule has 2 heterocycles. The fourth-order valence-electron chi connectivity index (χ4n) is 2.65. The fraction of sp³-hybridized carbons (Fsp3) is 0.786. The molecule has 4 nitrogen and oxygen atoms in total. The van der Waals surface area contributed by atoms with Gasteiger partial charge in [0.15, 0.2) is 0 Å². The third-order valence-corrected chi connectivity index (χ3v) is 3.41. The minimum Gasteiger partial charge on any atom is -0.353 e. The van der Waals surface area contributed by atoms with Gasteiger partial charge in [-0.2, -0.15) is 0 Å². The van der Waals surface area contributed by atoms with Gasteiger partial charge in [-0.25, -0.2) is 4.98 Å². The Morgan fingerprint density at radius 1 is 1.22 bits per heavy atom. The number of nitrogens with zero attached hydrogens (tertiary/aromatic N) is 3. The molecule has 1 fully saturated rings. The van der Waals surface area contributed by atoms with Crippen LogP contribution in [0.3, 0.4) is 0 Å². The van der Waals surface area contributed by atoms with E-state index in [1.807, 2.05) is 6.20 Å². The molecule has 0 radical (unpaired) electrons. The molecule has 0 amide bonds. The monoisotopic (exact) mass is 250 g/mol. The van der Waals surface area contributed by atoms with E-state index in [1.165, 1.54) is 32.5 Å². The summed E-state index contributed by atoms with van der Waals surface area (Å²) in [7, 11) is 0. The zero-order chi connectivity index (χ0) is 13.0. The average Bonchev–Trinajstić information content (AvgIpc) is 2.91. The molecule has 1 aliphatic heterocycles. The summed E-state index contributed by atoms with van der Waals surface area (Å²) in [5.41, 5.74) is 0. The van der Waals surface area contributed by atoms with Crippen molar-refractivity contribution < 1.29 is 0 Å². The second-order valence-electron chi connectivity index (χ2n) is 5.82. The van der Waals surface area contributed by atoms with Crippen molar-refractivity contribution in [3.05, 3.63) is 12.4 Å². The van der Waals surface area contributed by atoms with E-state index in [0.29, 0.717) is 12.0 Å². The Hall–Kier alpha value is -1.03. The number of anilines is 1. The molecule has 18 heavy (non-hydrogen) atoms. The lowest BCUT2D eigenvalue weighted by Gasteiger charge is -2.21. The number of aromatic nitrogens is 2. The lowest BCUT2D eigenvalue weighted by atomic mass is 10.1. The molecule has 0 aliphatic carbocycles. The fourth-order valence-corrected chi connectivity index (χ4v) is 2.65. The van der Waals surface area contributed by atoms with Crippen LogP contribution >= 0.6 is 0 Å². The molecule has 102 valence electrons. The average molecular weight is 250 g/mol. The van der Waals surface area contributed by atoms with Gasteiger partial charge in [-0.1, -0.05) is 6.92 Å². The molecule has 1 aliphatic rings. The Balaban J connectivity index is 1.85. The highest BCUT2D eigenvalue weighted by Crippen LogP contribution is 2.14. The predicted molar refractivity (Wildman–Crippen MR) is 75.8 cm³/mol. The van der Waals surface area contributed by atoms with E-state index in [4.69, 9.17) is 0 Å². The van der Waals surface area contributed by atoms with Crippen LogP contribution in [0.5, 0.6) is 0 Å². The maximum absolute atomic E-state index is 4.38. The van der Waals surface area contributed by atoms with Crippen LogP contribution < -0.4 is 5.32 Å². The van der Waals surface area contributed by atoms with Crippen molar-refractivity contribution in [3.8, 4) is 0 Å². The number of likely N-dealkylation sites (tertiary alicyclic amines) is 1. The smallest absolute Gasteiger partial charge is 0.202 e. The minimum absolute atomic E-state index is 0.431. The van der Waals surface area contributed by atoms with E-state index in [1.54, 1.807) is 0 Å². The first-order chi connectivity index (χ1) is 8.65. The number of imidazole rings is 1. The second kappa shape index (κ2) is 6.23. The van der Waals surface area contributed by atoms with Crippen molar-refractivity contribution >= 4 is 5.95 Å². The molecule has 1 aromatic rings. The van der Waals surface area contributed by atoms with Gasteiger partial charge in [-0.05, 0) is 45.7 Å². The molecule has 2 rings (SSSR count). The molecule has 1 atom stereocenters. The number of nitrogens with one attached hydrogen (secondary N) is 1. The van der Waals surface area contributed by atoms with Gasteiger partial charge in [-0.3, -0.25) is 0 Å². The highest BCUT2D eigenvalue weighted by atomic mass is 15.2. The molecular formula is C14H26N4. The quantitative estimate of drug-likeness (QED) is 0.842. The van der Waals surface area contributed by atoms with Gasteiger partial charge in [0.25, 0.3) is 0 Å². The Labute approximate surface area is 110 Å². The van der Waals surface area contributed by atoms with Gasteiger partial charge >= 0.3 is 0 Å². The second-order valence-corrected chi connectivity index (χ2v) is 5.82. The van der Waals surface area contributed by atoms with Crippen molar-refractivity contribution in [2.45, 2.75) is 46.2 Å². The maximum Gasteiger partial charge on any atom is 0.202 e. The summed E-state index contributed by atoms with van der Waals surface area (Å²) < 4.78 is 2.24. The summed E-state index contributed by atoms with van der Waals surface area (Å²) in [6.07, 6.45) is 6.70. The largest absolute Gasteiger partial charge is 0.353 e. The van der Waals surface area contributed by atoms with Crippen molar-refractivity contribution in [3.63, 3.8) is 0 Å². The van der Waals surface area contributed by atoms with Crippen molar-refractivity contribution in [1.29, 1.82) is 0 Å². The van der Waals surface area contributed by atoms with Crippen LogP contribution in [0.4, 0.5) is 5.95 Å². The standard InChI is InChI=1S/C14H26N4/c1-12(2)16-14-15-6-9-18(14)11-13(3)10-17-7-4-5-8-17/h6,9,12-13H,4-5,7-8,10-11H2,1-3H3,(H,15,16). The van der Waals surface area contributed by atoms with Gasteiger partial charge in [0.1, 0.15) is 0 Å². The zero-order valence-corrected chi connectivity index (χ0v) is 11.9. The lowest BCUT2D eigenvalue weighted by Crippen LogP contribution is -2.28. The molecule has 0 saturated carbocycles. The van der Waals surface area contributed by atoms with Gasteiger partial charge < -0.3 is 14.8 Å². The van der Waals surface area contributed by atoms with E-state index in [9.17, 15) is 0 Å². The van der Waals surface area contributed by atoms with E-state index >= 15 is 0 Å². The van der Waals surface area contributed by atoms with Crippen LogP contribution in [0, 0.1) is 5.92 Å². The molecule has 1 aromatic heterocycles. The molecule has 0 aromatic carbocycles. The third-order valence-electron chi connectivity index (χ3n) is 3.41. The number of hydrogen-bond donors (Lipinski definition) is 1. The molecule has 0 spiro atoms. The first-order valence-corrected chi connectivity index (χ1v) is 7.15. The van der Waals surface area contributed by atoms with E-state index < -0.39 is 0 Å². The SMILES string of the molecule is CC(CN1CCCC1)Cn1ccnc1NC(C)C. The lowest BCUT2D eigenvalue weighted by molar-refractivity contribution is 0.272. The topological polar surface area (TPSA) is 33.1 Å². The maximum atomic E-state index is 4.38. The van der Waals surface area contributed by atoms with Gasteiger partial charge in [0.2, 0.25) is 5.95 Å². The summed E-state index contributed by atoms with van der Waals surface area (Å²) in [4.78, 5) is 6.96. The normalized spacial score (nSPS) is 18.4. The van der Waals surface area contributed by atoms with Crippen molar-refractivity contribution in [2.75, 3.05) is 25.0 Å². The van der Waals surface area contributed by atoms with Crippen LogP contribution in [0.2, 0.25) is 0 Å². The van der Waals surface area contributed by atoms with E-state index in [0.717, 1.165) is 12.5 Å². The Morgan fingerprint density at radius 3 is 2.61 bits per heavy atom. The molecule has 0 bridgehead atoms. The number of hydrogen-bond acceptors (Lipinski definition) is 3. The summed E-state index contributed by atoms with van der Waals surface area (Å²) in [6.45, 7) is 11.4. The van der Waals surface area contributed by atoms with Crippen LogP contribution in [0.1, 0.15) is 33.6 Å². The van der Waals surface area contributed by atoms with E-state index in [-0.39, 0.29) is 0 Å². The molecule has 1 N–H and O–H groups in total. The summed E-state index contributed by atoms with van der Waals surface area (Å²) in [5, 5.41) is 3.39. The van der Waals surface area contributed by atoms with Gasteiger partial charge in [-0.15, -0.1) is 0 Å². The Morgan fingerprint density at radius 2 is 1.94 bits per heavy atom. The minimum atomic E-state index is 0.431. The van der Waals surface area contributed by atoms with E-state index in [2.05, 4.69) is 46.7 Å². The Kier molecular flexibility index (Phi) is 4.64. The van der Waals surface area contributed by atoms with Crippen molar-refractivity contribution in [2.24, 2.45) is 5.92 Å². The first kappa shape index (κ1) is 13.4. The predicted octanol–water partition coefficient (Wildman–Crippen LogP) is 2.44. The number of rotatable bonds is 6. The highest BCUT2D eigenvalue weighted by molar-refractivity contribution is 5.26. The zero-order valence-electron chi connectivity index (χ0n) is 11.9. The summed E-state index contributed by atoms with van der Waals surface area (Å²) in [6, 6.07) is 0.431.